The van der Waals surface area contributed by atoms with Crippen molar-refractivity contribution in [2.24, 2.45) is 4.99 Å². The van der Waals surface area contributed by atoms with Crippen LogP contribution in [0.5, 0.6) is 0 Å². The molecule has 6 heteroatoms. The Morgan fingerprint density at radius 2 is 2.00 bits per heavy atom. The van der Waals surface area contributed by atoms with E-state index in [4.69, 9.17) is 0 Å². The van der Waals surface area contributed by atoms with Crippen LogP contribution in [0, 0.1) is 12.7 Å². The molecule has 2 aromatic rings. The summed E-state index contributed by atoms with van der Waals surface area (Å²) < 4.78 is 14.5. The molecule has 0 atom stereocenters. The van der Waals surface area contributed by atoms with Gasteiger partial charge in [-0.25, -0.2) is 4.39 Å². The second-order valence-corrected chi connectivity index (χ2v) is 6.82. The van der Waals surface area contributed by atoms with Gasteiger partial charge in [0.15, 0.2) is 5.96 Å². The van der Waals surface area contributed by atoms with Crippen molar-refractivity contribution in [2.75, 3.05) is 7.05 Å². The number of aliphatic imine (C=N–C) groups is 1. The zero-order chi connectivity index (χ0) is 15.2. The SMILES string of the molecule is CN=C(NCc1ccc(C)s1)NCc1ccc(Br)cc1F. The Hall–Kier alpha value is -1.40. The average molecular weight is 370 g/mol. The van der Waals surface area contributed by atoms with Crippen molar-refractivity contribution < 1.29 is 4.39 Å². The summed E-state index contributed by atoms with van der Waals surface area (Å²) in [6, 6.07) is 9.22. The average Bonchev–Trinajstić information content (AvgIpc) is 2.86. The second-order valence-electron chi connectivity index (χ2n) is 4.53. The molecule has 1 aromatic carbocycles. The molecule has 0 saturated carbocycles. The molecule has 0 aliphatic rings. The molecule has 0 fully saturated rings. The van der Waals surface area contributed by atoms with Crippen molar-refractivity contribution in [3.8, 4) is 0 Å². The molecule has 0 bridgehead atoms. The minimum atomic E-state index is -0.235. The van der Waals surface area contributed by atoms with Crippen LogP contribution in [-0.4, -0.2) is 13.0 Å². The van der Waals surface area contributed by atoms with Crippen LogP contribution in [0.1, 0.15) is 15.3 Å². The van der Waals surface area contributed by atoms with Gasteiger partial charge in [-0.15, -0.1) is 11.3 Å². The maximum atomic E-state index is 13.7. The Balaban J connectivity index is 1.88. The number of aryl methyl sites for hydroxylation is 1. The number of hydrogen-bond donors (Lipinski definition) is 2. The van der Waals surface area contributed by atoms with Crippen molar-refractivity contribution in [3.63, 3.8) is 0 Å². The highest BCUT2D eigenvalue weighted by Gasteiger charge is 2.05. The van der Waals surface area contributed by atoms with Gasteiger partial charge in [0.1, 0.15) is 5.82 Å². The summed E-state index contributed by atoms with van der Waals surface area (Å²) in [4.78, 5) is 6.66. The molecule has 112 valence electrons. The topological polar surface area (TPSA) is 36.4 Å². The summed E-state index contributed by atoms with van der Waals surface area (Å²) >= 11 is 5.00. The monoisotopic (exact) mass is 369 g/mol. The predicted molar refractivity (Wildman–Crippen MR) is 90.2 cm³/mol. The second kappa shape index (κ2) is 7.56. The number of nitrogens with zero attached hydrogens (tertiary/aromatic N) is 1. The summed E-state index contributed by atoms with van der Waals surface area (Å²) in [5.74, 6) is 0.421. The van der Waals surface area contributed by atoms with E-state index in [0.717, 1.165) is 4.47 Å². The van der Waals surface area contributed by atoms with Gasteiger partial charge in [0.2, 0.25) is 0 Å². The molecule has 0 spiro atoms. The fourth-order valence-corrected chi connectivity index (χ4v) is 2.98. The highest BCUT2D eigenvalue weighted by atomic mass is 79.9. The van der Waals surface area contributed by atoms with E-state index in [9.17, 15) is 4.39 Å². The Kier molecular flexibility index (Phi) is 5.76. The maximum Gasteiger partial charge on any atom is 0.191 e. The predicted octanol–water partition coefficient (Wildman–Crippen LogP) is 3.82. The summed E-state index contributed by atoms with van der Waals surface area (Å²) in [5, 5.41) is 6.33. The summed E-state index contributed by atoms with van der Waals surface area (Å²) in [6.07, 6.45) is 0. The van der Waals surface area contributed by atoms with Gasteiger partial charge < -0.3 is 10.6 Å². The Morgan fingerprint density at radius 1 is 1.24 bits per heavy atom. The van der Waals surface area contributed by atoms with E-state index in [0.29, 0.717) is 24.6 Å². The van der Waals surface area contributed by atoms with Gasteiger partial charge in [0.05, 0.1) is 6.54 Å². The van der Waals surface area contributed by atoms with E-state index in [1.165, 1.54) is 15.8 Å². The molecule has 0 unspecified atom stereocenters. The van der Waals surface area contributed by atoms with Gasteiger partial charge >= 0.3 is 0 Å². The summed E-state index contributed by atoms with van der Waals surface area (Å²) in [5.41, 5.74) is 0.605. The van der Waals surface area contributed by atoms with Gasteiger partial charge in [0.25, 0.3) is 0 Å². The molecule has 0 radical (unpaired) electrons. The van der Waals surface area contributed by atoms with Gasteiger partial charge in [-0.05, 0) is 31.2 Å². The molecule has 0 saturated heterocycles. The van der Waals surface area contributed by atoms with Gasteiger partial charge in [0, 0.05) is 33.4 Å². The smallest absolute Gasteiger partial charge is 0.191 e. The number of benzene rings is 1. The Morgan fingerprint density at radius 3 is 2.62 bits per heavy atom. The zero-order valence-electron chi connectivity index (χ0n) is 11.9. The van der Waals surface area contributed by atoms with Crippen molar-refractivity contribution in [1.82, 2.24) is 10.6 Å². The lowest BCUT2D eigenvalue weighted by Crippen LogP contribution is -2.36. The Bertz CT molecular complexity index is 640. The fourth-order valence-electron chi connectivity index (χ4n) is 1.82. The van der Waals surface area contributed by atoms with Crippen LogP contribution in [0.25, 0.3) is 0 Å². The number of thiophene rings is 1. The van der Waals surface area contributed by atoms with Gasteiger partial charge in [-0.2, -0.15) is 0 Å². The lowest BCUT2D eigenvalue weighted by molar-refractivity contribution is 0.604. The van der Waals surface area contributed by atoms with E-state index in [1.807, 2.05) is 6.07 Å². The molecular formula is C15H17BrFN3S. The molecule has 1 aromatic heterocycles. The number of nitrogens with one attached hydrogen (secondary N) is 2. The van der Waals surface area contributed by atoms with Crippen LogP contribution in [0.4, 0.5) is 4.39 Å². The summed E-state index contributed by atoms with van der Waals surface area (Å²) in [6.45, 7) is 3.18. The third kappa shape index (κ3) is 4.82. The molecule has 2 rings (SSSR count). The van der Waals surface area contributed by atoms with E-state index in [-0.39, 0.29) is 5.82 Å². The quantitative estimate of drug-likeness (QED) is 0.634. The minimum absolute atomic E-state index is 0.235. The van der Waals surface area contributed by atoms with Crippen molar-refractivity contribution in [3.05, 3.63) is 55.9 Å². The molecular weight excluding hydrogens is 353 g/mol. The molecule has 21 heavy (non-hydrogen) atoms. The van der Waals surface area contributed by atoms with Crippen LogP contribution in [0.3, 0.4) is 0 Å². The molecule has 3 nitrogen and oxygen atoms in total. The van der Waals surface area contributed by atoms with Crippen LogP contribution in [0.2, 0.25) is 0 Å². The largest absolute Gasteiger partial charge is 0.352 e. The van der Waals surface area contributed by atoms with Crippen LogP contribution in [-0.2, 0) is 13.1 Å². The third-order valence-corrected chi connectivity index (χ3v) is 4.41. The normalized spacial score (nSPS) is 11.5. The first-order valence-corrected chi connectivity index (χ1v) is 8.13. The van der Waals surface area contributed by atoms with Gasteiger partial charge in [-0.1, -0.05) is 22.0 Å². The molecule has 0 aliphatic heterocycles. The van der Waals surface area contributed by atoms with E-state index in [2.05, 4.69) is 50.6 Å². The van der Waals surface area contributed by atoms with Crippen molar-refractivity contribution in [2.45, 2.75) is 20.0 Å². The van der Waals surface area contributed by atoms with Crippen LogP contribution >= 0.6 is 27.3 Å². The van der Waals surface area contributed by atoms with Crippen LogP contribution in [0.15, 0.2) is 39.8 Å². The molecule has 0 amide bonds. The lowest BCUT2D eigenvalue weighted by atomic mass is 10.2. The highest BCUT2D eigenvalue weighted by molar-refractivity contribution is 9.10. The third-order valence-electron chi connectivity index (χ3n) is 2.91. The zero-order valence-corrected chi connectivity index (χ0v) is 14.3. The standard InChI is InChI=1S/C15H17BrFN3S/c1-10-3-6-13(21-10)9-20-15(18-2)19-8-11-4-5-12(16)7-14(11)17/h3-7H,8-9H2,1-2H3,(H2,18,19,20). The molecule has 2 N–H and O–H groups in total. The van der Waals surface area contributed by atoms with E-state index < -0.39 is 0 Å². The first kappa shape index (κ1) is 16.0. The molecule has 0 aliphatic carbocycles. The Labute approximate surface area is 136 Å². The van der Waals surface area contributed by atoms with Crippen LogP contribution < -0.4 is 10.6 Å². The number of guanidine groups is 1. The molecule has 1 heterocycles. The lowest BCUT2D eigenvalue weighted by Gasteiger charge is -2.11. The number of halogens is 2. The number of rotatable bonds is 4. The number of hydrogen-bond acceptors (Lipinski definition) is 2. The first-order valence-electron chi connectivity index (χ1n) is 6.52. The first-order chi connectivity index (χ1) is 10.1. The highest BCUT2D eigenvalue weighted by Crippen LogP contribution is 2.15. The fraction of sp³-hybridized carbons (Fsp3) is 0.267. The summed E-state index contributed by atoms with van der Waals surface area (Å²) in [7, 11) is 1.70. The van der Waals surface area contributed by atoms with E-state index >= 15 is 0 Å². The van der Waals surface area contributed by atoms with Crippen molar-refractivity contribution in [1.29, 1.82) is 0 Å². The van der Waals surface area contributed by atoms with Gasteiger partial charge in [-0.3, -0.25) is 4.99 Å². The minimum Gasteiger partial charge on any atom is -0.352 e. The maximum absolute atomic E-state index is 13.7. The van der Waals surface area contributed by atoms with E-state index in [1.54, 1.807) is 24.5 Å². The van der Waals surface area contributed by atoms with Crippen molar-refractivity contribution >= 4 is 33.2 Å².